The average Bonchev–Trinajstić information content (AvgIpc) is 3.38. The van der Waals surface area contributed by atoms with Crippen molar-refractivity contribution in [1.29, 1.82) is 0 Å². The van der Waals surface area contributed by atoms with Crippen molar-refractivity contribution in [1.82, 2.24) is 14.9 Å². The van der Waals surface area contributed by atoms with E-state index in [1.54, 1.807) is 26.8 Å². The number of benzene rings is 2. The lowest BCUT2D eigenvalue weighted by molar-refractivity contribution is -0.131. The number of carbonyl (C=O) groups is 3. The smallest absolute Gasteiger partial charge is 0.410 e. The number of carbonyl (C=O) groups excluding carboxylic acids is 3. The van der Waals surface area contributed by atoms with Crippen LogP contribution in [0.5, 0.6) is 5.75 Å². The van der Waals surface area contributed by atoms with Gasteiger partial charge in [0, 0.05) is 25.1 Å². The van der Waals surface area contributed by atoms with E-state index in [1.807, 2.05) is 30.3 Å². The third-order valence-corrected chi connectivity index (χ3v) is 8.18. The molecule has 214 valence electrons. The van der Waals surface area contributed by atoms with Crippen LogP contribution in [0.4, 0.5) is 4.79 Å². The molecule has 3 unspecified atom stereocenters. The zero-order valence-corrected chi connectivity index (χ0v) is 23.7. The molecule has 3 atom stereocenters. The lowest BCUT2D eigenvalue weighted by Crippen LogP contribution is -2.53. The Kier molecular flexibility index (Phi) is 8.25. The molecule has 4 rings (SSSR count). The number of hydrogen-bond donors (Lipinski definition) is 2. The van der Waals surface area contributed by atoms with Crippen molar-refractivity contribution < 1.29 is 32.3 Å². The van der Waals surface area contributed by atoms with Crippen LogP contribution in [0.15, 0.2) is 72.1 Å². The molecule has 0 radical (unpaired) electrons. The van der Waals surface area contributed by atoms with Crippen molar-refractivity contribution in [3.63, 3.8) is 0 Å². The van der Waals surface area contributed by atoms with Gasteiger partial charge in [-0.25, -0.2) is 17.9 Å². The van der Waals surface area contributed by atoms with E-state index in [-0.39, 0.29) is 24.5 Å². The molecule has 2 aromatic carbocycles. The highest BCUT2D eigenvalue weighted by atomic mass is 32.2. The van der Waals surface area contributed by atoms with Crippen molar-refractivity contribution >= 4 is 27.9 Å². The summed E-state index contributed by atoms with van der Waals surface area (Å²) in [6, 6.07) is 15.3. The fourth-order valence-corrected chi connectivity index (χ4v) is 5.64. The van der Waals surface area contributed by atoms with Crippen LogP contribution in [0.2, 0.25) is 0 Å². The molecule has 2 aliphatic rings. The Bertz CT molecular complexity index is 1390. The second-order valence-electron chi connectivity index (χ2n) is 11.1. The summed E-state index contributed by atoms with van der Waals surface area (Å²) in [6.07, 6.45) is 1.63. The van der Waals surface area contributed by atoms with E-state index in [4.69, 9.17) is 9.47 Å². The number of rotatable bonds is 9. The van der Waals surface area contributed by atoms with E-state index >= 15 is 0 Å². The van der Waals surface area contributed by atoms with Crippen molar-refractivity contribution in [2.24, 2.45) is 11.8 Å². The van der Waals surface area contributed by atoms with Crippen molar-refractivity contribution in [3.05, 3.63) is 72.8 Å². The molecular formula is C29H35N3O7S. The minimum absolute atomic E-state index is 0.144. The van der Waals surface area contributed by atoms with Crippen LogP contribution in [0.3, 0.4) is 0 Å². The summed E-state index contributed by atoms with van der Waals surface area (Å²) >= 11 is 0. The Balaban J connectivity index is 1.40. The summed E-state index contributed by atoms with van der Waals surface area (Å²) in [5.74, 6) is -1.94. The third-order valence-electron chi connectivity index (χ3n) is 6.85. The van der Waals surface area contributed by atoms with Gasteiger partial charge in [0.1, 0.15) is 23.5 Å². The van der Waals surface area contributed by atoms with Crippen molar-refractivity contribution in [2.75, 3.05) is 13.1 Å². The fraction of sp³-hybridized carbons (Fsp3) is 0.414. The van der Waals surface area contributed by atoms with Gasteiger partial charge >= 0.3 is 6.09 Å². The van der Waals surface area contributed by atoms with Gasteiger partial charge < -0.3 is 19.7 Å². The molecule has 0 bridgehead atoms. The summed E-state index contributed by atoms with van der Waals surface area (Å²) in [4.78, 5) is 40.1. The maximum Gasteiger partial charge on any atom is 0.410 e. The van der Waals surface area contributed by atoms with Gasteiger partial charge in [0.15, 0.2) is 0 Å². The van der Waals surface area contributed by atoms with Crippen LogP contribution < -0.4 is 14.8 Å². The molecule has 10 nitrogen and oxygen atoms in total. The van der Waals surface area contributed by atoms with E-state index in [1.165, 1.54) is 29.2 Å². The molecule has 1 aliphatic heterocycles. The van der Waals surface area contributed by atoms with Gasteiger partial charge in [-0.1, -0.05) is 42.5 Å². The molecule has 3 amide bonds. The first-order valence-corrected chi connectivity index (χ1v) is 14.6. The highest BCUT2D eigenvalue weighted by Gasteiger charge is 2.61. The molecule has 2 aromatic rings. The molecule has 40 heavy (non-hydrogen) atoms. The molecular weight excluding hydrogens is 534 g/mol. The normalized spacial score (nSPS) is 22.2. The van der Waals surface area contributed by atoms with E-state index in [9.17, 15) is 22.8 Å². The zero-order chi connectivity index (χ0) is 29.1. The minimum Gasteiger partial charge on any atom is -0.489 e. The first-order valence-electron chi connectivity index (χ1n) is 13.1. The molecule has 2 fully saturated rings. The predicted molar refractivity (Wildman–Crippen MR) is 148 cm³/mol. The summed E-state index contributed by atoms with van der Waals surface area (Å²) in [6.45, 7) is 9.74. The standard InChI is InChI=1S/C29H35N3O7S/c1-5-22-17-29(22,30-25(33)21-14-15-32(18-21)27(35)39-28(2,3)4)26(34)31-40(36,37)24-13-9-12-23(16-24)38-19-20-10-7-6-8-11-20/h5-13,16,21-22H,1,14-15,17-19H2,2-4H3,(H,30,33)(H,31,34). The highest BCUT2D eigenvalue weighted by molar-refractivity contribution is 7.90. The molecule has 0 spiro atoms. The molecule has 1 aliphatic carbocycles. The SMILES string of the molecule is C=CC1CC1(NC(=O)C1CCN(C(=O)OC(C)(C)C)C1)C(=O)NS(=O)(=O)c1cccc(OCc2ccccc2)c1. The monoisotopic (exact) mass is 569 g/mol. The molecule has 1 heterocycles. The molecule has 1 saturated carbocycles. The fourth-order valence-electron chi connectivity index (χ4n) is 4.57. The Morgan fingerprint density at radius 3 is 2.50 bits per heavy atom. The van der Waals surface area contributed by atoms with Gasteiger partial charge in [0.05, 0.1) is 10.8 Å². The van der Waals surface area contributed by atoms with Gasteiger partial charge in [0.25, 0.3) is 15.9 Å². The van der Waals surface area contributed by atoms with Gasteiger partial charge in [-0.15, -0.1) is 6.58 Å². The maximum absolute atomic E-state index is 13.3. The summed E-state index contributed by atoms with van der Waals surface area (Å²) < 4.78 is 39.5. The Morgan fingerprint density at radius 2 is 1.85 bits per heavy atom. The largest absolute Gasteiger partial charge is 0.489 e. The minimum atomic E-state index is -4.27. The molecule has 0 aromatic heterocycles. The van der Waals surface area contributed by atoms with E-state index in [2.05, 4.69) is 16.6 Å². The molecule has 11 heteroatoms. The van der Waals surface area contributed by atoms with Crippen molar-refractivity contribution in [3.8, 4) is 5.75 Å². The second kappa shape index (κ2) is 11.3. The average molecular weight is 570 g/mol. The number of likely N-dealkylation sites (tertiary alicyclic amines) is 1. The topological polar surface area (TPSA) is 131 Å². The Morgan fingerprint density at radius 1 is 1.12 bits per heavy atom. The molecule has 2 N–H and O–H groups in total. The molecule has 1 saturated heterocycles. The Labute approximate surface area is 234 Å². The zero-order valence-electron chi connectivity index (χ0n) is 22.9. The Hall–Kier alpha value is -3.86. The van der Waals surface area contributed by atoms with Crippen LogP contribution in [0.1, 0.15) is 39.2 Å². The number of hydrogen-bond acceptors (Lipinski definition) is 7. The third kappa shape index (κ3) is 6.82. The van der Waals surface area contributed by atoms with Crippen molar-refractivity contribution in [2.45, 2.75) is 56.3 Å². The van der Waals surface area contributed by atoms with Gasteiger partial charge in [0.2, 0.25) is 5.91 Å². The first kappa shape index (κ1) is 29.1. The van der Waals surface area contributed by atoms with Gasteiger partial charge in [-0.2, -0.15) is 0 Å². The van der Waals surface area contributed by atoms with Gasteiger partial charge in [-0.05, 0) is 51.3 Å². The summed E-state index contributed by atoms with van der Waals surface area (Å²) in [5.41, 5.74) is -1.18. The number of nitrogens with one attached hydrogen (secondary N) is 2. The maximum atomic E-state index is 13.3. The predicted octanol–water partition coefficient (Wildman–Crippen LogP) is 3.39. The number of amides is 3. The van der Waals surface area contributed by atoms with Crippen LogP contribution in [0.25, 0.3) is 0 Å². The number of ether oxygens (including phenoxy) is 2. The first-order chi connectivity index (χ1) is 18.8. The van der Waals surface area contributed by atoms with Crippen LogP contribution in [0, 0.1) is 11.8 Å². The lowest BCUT2D eigenvalue weighted by atomic mass is 10.1. The lowest BCUT2D eigenvalue weighted by Gasteiger charge is -2.24. The van der Waals surface area contributed by atoms with E-state index in [0.717, 1.165) is 5.56 Å². The number of sulfonamides is 1. The number of nitrogens with zero attached hydrogens (tertiary/aromatic N) is 1. The van der Waals surface area contributed by atoms with Crippen LogP contribution >= 0.6 is 0 Å². The van der Waals surface area contributed by atoms with Gasteiger partial charge in [-0.3, -0.25) is 9.59 Å². The highest BCUT2D eigenvalue weighted by Crippen LogP contribution is 2.45. The van der Waals surface area contributed by atoms with Crippen LogP contribution in [-0.2, 0) is 31.0 Å². The second-order valence-corrected chi connectivity index (χ2v) is 12.8. The van der Waals surface area contributed by atoms with E-state index < -0.39 is 50.9 Å². The quantitative estimate of drug-likeness (QED) is 0.443. The van der Waals surface area contributed by atoms with Crippen LogP contribution in [-0.4, -0.2) is 55.5 Å². The summed E-state index contributed by atoms with van der Waals surface area (Å²) in [5, 5.41) is 2.75. The summed E-state index contributed by atoms with van der Waals surface area (Å²) in [7, 11) is -4.27. The van der Waals surface area contributed by atoms with E-state index in [0.29, 0.717) is 18.7 Å².